The summed E-state index contributed by atoms with van der Waals surface area (Å²) >= 11 is 6.82. The number of carbonyl (C=O) groups is 3. The van der Waals surface area contributed by atoms with Crippen LogP contribution in [0.25, 0.3) is 0 Å². The number of nitrogens with one attached hydrogen (secondary N) is 1. The van der Waals surface area contributed by atoms with Gasteiger partial charge in [-0.2, -0.15) is 13.2 Å². The van der Waals surface area contributed by atoms with E-state index in [0.717, 1.165) is 23.9 Å². The summed E-state index contributed by atoms with van der Waals surface area (Å²) in [4.78, 5) is 35.9. The molecule has 0 bridgehead atoms. The SMILES string of the molecule is O=C(COC(=O)CN1CCSC1=O)Nc1cc(C(F)(F)F)ccc1Cl. The lowest BCUT2D eigenvalue weighted by atomic mass is 10.2. The van der Waals surface area contributed by atoms with Gasteiger partial charge >= 0.3 is 12.1 Å². The number of halogens is 4. The standard InChI is InChI=1S/C14H12ClF3N2O4S/c15-9-2-1-8(14(16,17)18)5-10(9)19-11(21)7-24-12(22)6-20-3-4-25-13(20)23/h1-2,5H,3-4,6-7H2,(H,19,21). The van der Waals surface area contributed by atoms with E-state index in [1.807, 2.05) is 0 Å². The highest BCUT2D eigenvalue weighted by Crippen LogP contribution is 2.33. The van der Waals surface area contributed by atoms with E-state index in [1.54, 1.807) is 0 Å². The van der Waals surface area contributed by atoms with Crippen LogP contribution in [0.2, 0.25) is 5.02 Å². The van der Waals surface area contributed by atoms with Gasteiger partial charge in [0.2, 0.25) is 0 Å². The van der Waals surface area contributed by atoms with Gasteiger partial charge in [0.15, 0.2) is 6.61 Å². The molecule has 0 atom stereocenters. The molecule has 1 fully saturated rings. The second-order valence-corrected chi connectivity index (χ2v) is 6.39. The van der Waals surface area contributed by atoms with Crippen LogP contribution in [0.3, 0.4) is 0 Å². The van der Waals surface area contributed by atoms with Crippen LogP contribution in [0.1, 0.15) is 5.56 Å². The average molecular weight is 397 g/mol. The lowest BCUT2D eigenvalue weighted by Crippen LogP contribution is -2.32. The number of amides is 2. The highest BCUT2D eigenvalue weighted by Gasteiger charge is 2.31. The predicted molar refractivity (Wildman–Crippen MR) is 85.5 cm³/mol. The molecule has 2 rings (SSSR count). The molecule has 2 amide bonds. The maximum absolute atomic E-state index is 12.7. The molecule has 0 spiro atoms. The topological polar surface area (TPSA) is 75.7 Å². The van der Waals surface area contributed by atoms with Crippen LogP contribution in [-0.2, 0) is 20.5 Å². The first-order valence-corrected chi connectivity index (χ1v) is 8.27. The quantitative estimate of drug-likeness (QED) is 0.774. The van der Waals surface area contributed by atoms with E-state index < -0.39 is 30.2 Å². The highest BCUT2D eigenvalue weighted by molar-refractivity contribution is 8.13. The minimum Gasteiger partial charge on any atom is -0.454 e. The third-order valence-electron chi connectivity index (χ3n) is 3.10. The average Bonchev–Trinajstić information content (AvgIpc) is 2.91. The molecule has 1 aromatic carbocycles. The van der Waals surface area contributed by atoms with Crippen molar-refractivity contribution in [2.24, 2.45) is 0 Å². The van der Waals surface area contributed by atoms with Gasteiger partial charge in [0.05, 0.1) is 16.3 Å². The molecular weight excluding hydrogens is 385 g/mol. The fraction of sp³-hybridized carbons (Fsp3) is 0.357. The number of benzene rings is 1. The summed E-state index contributed by atoms with van der Waals surface area (Å²) in [5.74, 6) is -1.07. The van der Waals surface area contributed by atoms with Gasteiger partial charge in [0.1, 0.15) is 6.54 Å². The Balaban J connectivity index is 1.87. The molecule has 0 radical (unpaired) electrons. The maximum atomic E-state index is 12.7. The first kappa shape index (κ1) is 19.4. The first-order valence-electron chi connectivity index (χ1n) is 6.91. The number of rotatable bonds is 5. The number of alkyl halides is 3. The third kappa shape index (κ3) is 5.53. The Labute approximate surface area is 149 Å². The molecule has 6 nitrogen and oxygen atoms in total. The van der Waals surface area contributed by atoms with Gasteiger partial charge in [-0.15, -0.1) is 0 Å². The van der Waals surface area contributed by atoms with Gasteiger partial charge in [0, 0.05) is 12.3 Å². The Morgan fingerprint density at radius 3 is 2.68 bits per heavy atom. The van der Waals surface area contributed by atoms with Crippen LogP contribution >= 0.6 is 23.4 Å². The Morgan fingerprint density at radius 1 is 1.36 bits per heavy atom. The van der Waals surface area contributed by atoms with Crippen LogP contribution in [0.4, 0.5) is 23.7 Å². The number of thioether (sulfide) groups is 1. The molecule has 1 aromatic rings. The molecule has 0 saturated carbocycles. The lowest BCUT2D eigenvalue weighted by Gasteiger charge is -2.14. The molecule has 1 heterocycles. The van der Waals surface area contributed by atoms with E-state index in [9.17, 15) is 27.6 Å². The zero-order chi connectivity index (χ0) is 18.6. The number of nitrogens with zero attached hydrogens (tertiary/aromatic N) is 1. The van der Waals surface area contributed by atoms with Crippen LogP contribution in [-0.4, -0.2) is 47.5 Å². The van der Waals surface area contributed by atoms with Crippen molar-refractivity contribution in [1.29, 1.82) is 0 Å². The Morgan fingerprint density at radius 2 is 2.08 bits per heavy atom. The monoisotopic (exact) mass is 396 g/mol. The fourth-order valence-electron chi connectivity index (χ4n) is 1.90. The van der Waals surface area contributed by atoms with Crippen molar-refractivity contribution in [3.63, 3.8) is 0 Å². The summed E-state index contributed by atoms with van der Waals surface area (Å²) in [5.41, 5.74) is -1.22. The Bertz CT molecular complexity index is 699. The van der Waals surface area contributed by atoms with E-state index in [0.29, 0.717) is 18.4 Å². The smallest absolute Gasteiger partial charge is 0.416 e. The van der Waals surface area contributed by atoms with Gasteiger partial charge < -0.3 is 15.0 Å². The number of ether oxygens (including phenoxy) is 1. The van der Waals surface area contributed by atoms with Crippen LogP contribution < -0.4 is 5.32 Å². The van der Waals surface area contributed by atoms with Crippen LogP contribution in [0.5, 0.6) is 0 Å². The van der Waals surface area contributed by atoms with Crippen LogP contribution in [0.15, 0.2) is 18.2 Å². The second kappa shape index (κ2) is 7.96. The molecule has 0 aromatic heterocycles. The summed E-state index contributed by atoms with van der Waals surface area (Å²) in [6.45, 7) is -0.589. The Hall–Kier alpha value is -1.94. The summed E-state index contributed by atoms with van der Waals surface area (Å²) < 4.78 is 42.7. The normalized spacial score (nSPS) is 14.6. The first-order chi connectivity index (χ1) is 11.7. The number of hydrogen-bond donors (Lipinski definition) is 1. The highest BCUT2D eigenvalue weighted by atomic mass is 35.5. The second-order valence-electron chi connectivity index (χ2n) is 4.94. The van der Waals surface area contributed by atoms with Crippen molar-refractivity contribution in [2.45, 2.75) is 6.18 Å². The fourth-order valence-corrected chi connectivity index (χ4v) is 2.89. The van der Waals surface area contributed by atoms with Crippen molar-refractivity contribution >= 4 is 46.2 Å². The van der Waals surface area contributed by atoms with Gasteiger partial charge in [-0.1, -0.05) is 23.4 Å². The third-order valence-corrected chi connectivity index (χ3v) is 4.32. The number of carbonyl (C=O) groups excluding carboxylic acids is 3. The summed E-state index contributed by atoms with van der Waals surface area (Å²) in [6.07, 6.45) is -4.59. The molecular formula is C14H12ClF3N2O4S. The molecule has 0 aliphatic carbocycles. The van der Waals surface area contributed by atoms with E-state index in [1.165, 1.54) is 4.90 Å². The lowest BCUT2D eigenvalue weighted by molar-refractivity contribution is -0.147. The van der Waals surface area contributed by atoms with Crippen LogP contribution in [0, 0.1) is 0 Å². The molecule has 1 aliphatic heterocycles. The Kier molecular flexibility index (Phi) is 6.17. The van der Waals surface area contributed by atoms with Crippen molar-refractivity contribution < 1.29 is 32.3 Å². The van der Waals surface area contributed by atoms with E-state index in [4.69, 9.17) is 16.3 Å². The minimum atomic E-state index is -4.59. The van der Waals surface area contributed by atoms with Crippen molar-refractivity contribution in [2.75, 3.05) is 30.8 Å². The van der Waals surface area contributed by atoms with E-state index in [-0.39, 0.29) is 22.5 Å². The largest absolute Gasteiger partial charge is 0.454 e. The number of esters is 1. The predicted octanol–water partition coefficient (Wildman–Crippen LogP) is 3.01. The van der Waals surface area contributed by atoms with Gasteiger partial charge in [-0.25, -0.2) is 0 Å². The van der Waals surface area contributed by atoms with Crippen molar-refractivity contribution in [3.8, 4) is 0 Å². The van der Waals surface area contributed by atoms with E-state index >= 15 is 0 Å². The maximum Gasteiger partial charge on any atom is 0.416 e. The summed E-state index contributed by atoms with van der Waals surface area (Å²) in [7, 11) is 0. The molecule has 11 heteroatoms. The van der Waals surface area contributed by atoms with E-state index in [2.05, 4.69) is 5.32 Å². The molecule has 25 heavy (non-hydrogen) atoms. The zero-order valence-corrected chi connectivity index (χ0v) is 14.1. The molecule has 0 unspecified atom stereocenters. The summed E-state index contributed by atoms with van der Waals surface area (Å²) in [6, 6.07) is 2.47. The van der Waals surface area contributed by atoms with Gasteiger partial charge in [-0.05, 0) is 18.2 Å². The molecule has 1 N–H and O–H groups in total. The van der Waals surface area contributed by atoms with Gasteiger partial charge in [-0.3, -0.25) is 14.4 Å². The molecule has 1 aliphatic rings. The number of anilines is 1. The van der Waals surface area contributed by atoms with Gasteiger partial charge in [0.25, 0.3) is 11.1 Å². The molecule has 136 valence electrons. The zero-order valence-electron chi connectivity index (χ0n) is 12.6. The molecule has 1 saturated heterocycles. The number of hydrogen-bond acceptors (Lipinski definition) is 5. The minimum absolute atomic E-state index is 0.0904. The summed E-state index contributed by atoms with van der Waals surface area (Å²) in [5, 5.41) is 1.80. The van der Waals surface area contributed by atoms with Crippen molar-refractivity contribution in [1.82, 2.24) is 4.90 Å². The van der Waals surface area contributed by atoms with Crippen molar-refractivity contribution in [3.05, 3.63) is 28.8 Å².